The molecule has 0 unspecified atom stereocenters. The third kappa shape index (κ3) is 3.18. The van der Waals surface area contributed by atoms with E-state index in [1.54, 1.807) is 0 Å². The van der Waals surface area contributed by atoms with E-state index in [4.69, 9.17) is 26.8 Å². The van der Waals surface area contributed by atoms with Gasteiger partial charge in [0.05, 0.1) is 6.61 Å². The Hall–Kier alpha value is -1.23. The van der Waals surface area contributed by atoms with Crippen molar-refractivity contribution in [2.75, 3.05) is 6.61 Å². The maximum atomic E-state index is 6.15. The van der Waals surface area contributed by atoms with Gasteiger partial charge in [0.15, 0.2) is 0 Å². The van der Waals surface area contributed by atoms with Crippen molar-refractivity contribution >= 4 is 27.5 Å². The minimum Gasteiger partial charge on any atom is -0.493 e. The molecule has 0 saturated heterocycles. The van der Waals surface area contributed by atoms with Crippen molar-refractivity contribution in [3.63, 3.8) is 0 Å². The Kier molecular flexibility index (Phi) is 4.38. The average Bonchev–Trinajstić information content (AvgIpc) is 2.93. The van der Waals surface area contributed by atoms with Crippen LogP contribution in [-0.4, -0.2) is 6.61 Å². The Morgan fingerprint density at radius 3 is 2.90 bits per heavy atom. The summed E-state index contributed by atoms with van der Waals surface area (Å²) in [5, 5.41) is 0.715. The first-order chi connectivity index (χ1) is 10.2. The smallest absolute Gasteiger partial charge is 0.129 e. The molecule has 0 saturated carbocycles. The normalized spacial score (nSPS) is 12.9. The third-order valence-corrected chi connectivity index (χ3v) is 4.16. The summed E-state index contributed by atoms with van der Waals surface area (Å²) in [5.41, 5.74) is 8.84. The van der Waals surface area contributed by atoms with Crippen molar-refractivity contribution in [3.05, 3.63) is 56.5 Å². The molecule has 0 atom stereocenters. The van der Waals surface area contributed by atoms with Crippen LogP contribution in [0, 0.1) is 0 Å². The highest BCUT2D eigenvalue weighted by Crippen LogP contribution is 2.34. The lowest BCUT2D eigenvalue weighted by molar-refractivity contribution is 0.289. The number of benzene rings is 2. The highest BCUT2D eigenvalue weighted by Gasteiger charge is 2.18. The highest BCUT2D eigenvalue weighted by atomic mass is 79.9. The van der Waals surface area contributed by atoms with Crippen LogP contribution < -0.4 is 15.2 Å². The molecule has 0 radical (unpaired) electrons. The Bertz CT molecular complexity index is 676. The van der Waals surface area contributed by atoms with Crippen molar-refractivity contribution in [1.82, 2.24) is 0 Å². The van der Waals surface area contributed by atoms with Gasteiger partial charge < -0.3 is 15.2 Å². The van der Waals surface area contributed by atoms with Crippen LogP contribution in [0.1, 0.15) is 16.7 Å². The van der Waals surface area contributed by atoms with Crippen LogP contribution in [0.4, 0.5) is 0 Å². The van der Waals surface area contributed by atoms with Crippen LogP contribution in [0.25, 0.3) is 0 Å². The second-order valence-electron chi connectivity index (χ2n) is 4.90. The summed E-state index contributed by atoms with van der Waals surface area (Å²) >= 11 is 9.59. The van der Waals surface area contributed by atoms with Crippen LogP contribution in [0.3, 0.4) is 0 Å². The van der Waals surface area contributed by atoms with Gasteiger partial charge in [-0.05, 0) is 35.9 Å². The summed E-state index contributed by atoms with van der Waals surface area (Å²) in [6.07, 6.45) is 0.898. The summed E-state index contributed by atoms with van der Waals surface area (Å²) in [5.74, 6) is 1.69. The molecule has 3 nitrogen and oxygen atoms in total. The second-order valence-corrected chi connectivity index (χ2v) is 6.25. The fourth-order valence-corrected chi connectivity index (χ4v) is 3.13. The van der Waals surface area contributed by atoms with Crippen LogP contribution >= 0.6 is 27.5 Å². The number of hydrogen-bond acceptors (Lipinski definition) is 3. The van der Waals surface area contributed by atoms with E-state index in [9.17, 15) is 0 Å². The molecule has 1 aliphatic heterocycles. The zero-order chi connectivity index (χ0) is 14.8. The summed E-state index contributed by atoms with van der Waals surface area (Å²) in [7, 11) is 0. The molecule has 2 aromatic carbocycles. The van der Waals surface area contributed by atoms with Gasteiger partial charge in [0.1, 0.15) is 18.1 Å². The van der Waals surface area contributed by atoms with Gasteiger partial charge in [-0.3, -0.25) is 0 Å². The predicted molar refractivity (Wildman–Crippen MR) is 87.0 cm³/mol. The fourth-order valence-electron chi connectivity index (χ4n) is 2.46. The molecule has 5 heteroatoms. The molecule has 1 aliphatic rings. The van der Waals surface area contributed by atoms with Gasteiger partial charge in [-0.2, -0.15) is 0 Å². The Morgan fingerprint density at radius 2 is 2.10 bits per heavy atom. The third-order valence-electron chi connectivity index (χ3n) is 3.45. The average molecular weight is 369 g/mol. The van der Waals surface area contributed by atoms with Crippen LogP contribution in [0.5, 0.6) is 11.5 Å². The van der Waals surface area contributed by atoms with E-state index in [0.29, 0.717) is 24.8 Å². The molecule has 2 aromatic rings. The van der Waals surface area contributed by atoms with Crippen molar-refractivity contribution in [2.45, 2.75) is 19.6 Å². The first kappa shape index (κ1) is 14.7. The van der Waals surface area contributed by atoms with Gasteiger partial charge in [-0.25, -0.2) is 0 Å². The molecule has 2 N–H and O–H groups in total. The lowest BCUT2D eigenvalue weighted by Crippen LogP contribution is -2.04. The molecule has 110 valence electrons. The largest absolute Gasteiger partial charge is 0.493 e. The second kappa shape index (κ2) is 6.26. The number of halogens is 2. The molecular weight excluding hydrogens is 354 g/mol. The quantitative estimate of drug-likeness (QED) is 0.884. The zero-order valence-corrected chi connectivity index (χ0v) is 13.7. The maximum absolute atomic E-state index is 6.15. The Morgan fingerprint density at radius 1 is 1.24 bits per heavy atom. The SMILES string of the molecule is NCc1cc(Br)ccc1OCc1cc(Cl)cc2c1OCC2. The topological polar surface area (TPSA) is 44.5 Å². The zero-order valence-electron chi connectivity index (χ0n) is 11.4. The molecule has 3 rings (SSSR count). The van der Waals surface area contributed by atoms with E-state index in [-0.39, 0.29) is 0 Å². The minimum absolute atomic E-state index is 0.414. The van der Waals surface area contributed by atoms with E-state index in [2.05, 4.69) is 15.9 Å². The van der Waals surface area contributed by atoms with E-state index >= 15 is 0 Å². The number of fused-ring (bicyclic) bond motifs is 1. The number of rotatable bonds is 4. The Balaban J connectivity index is 1.83. The summed E-state index contributed by atoms with van der Waals surface area (Å²) in [6.45, 7) is 1.55. The van der Waals surface area contributed by atoms with Gasteiger partial charge in [-0.15, -0.1) is 0 Å². The van der Waals surface area contributed by atoms with E-state index in [0.717, 1.165) is 39.1 Å². The molecular formula is C16H15BrClNO2. The standard InChI is InChI=1S/C16H15BrClNO2/c17-13-1-2-15(11(5-13)8-19)21-9-12-7-14(18)6-10-3-4-20-16(10)12/h1-2,5-7H,3-4,8-9,19H2. The molecule has 0 aliphatic carbocycles. The molecule has 0 fully saturated rings. The van der Waals surface area contributed by atoms with Gasteiger partial charge in [0.25, 0.3) is 0 Å². The first-order valence-corrected chi connectivity index (χ1v) is 7.90. The molecule has 21 heavy (non-hydrogen) atoms. The van der Waals surface area contributed by atoms with Crippen LogP contribution in [-0.2, 0) is 19.6 Å². The fraction of sp³-hybridized carbons (Fsp3) is 0.250. The first-order valence-electron chi connectivity index (χ1n) is 6.73. The molecule has 1 heterocycles. The van der Waals surface area contributed by atoms with Gasteiger partial charge >= 0.3 is 0 Å². The Labute approximate surface area is 137 Å². The highest BCUT2D eigenvalue weighted by molar-refractivity contribution is 9.10. The van der Waals surface area contributed by atoms with Crippen molar-refractivity contribution in [1.29, 1.82) is 0 Å². The number of ether oxygens (including phenoxy) is 2. The lowest BCUT2D eigenvalue weighted by Gasteiger charge is -2.13. The summed E-state index contributed by atoms with van der Waals surface area (Å²) in [6, 6.07) is 9.67. The van der Waals surface area contributed by atoms with Crippen molar-refractivity contribution < 1.29 is 9.47 Å². The predicted octanol–water partition coefficient (Wildman–Crippen LogP) is 4.08. The lowest BCUT2D eigenvalue weighted by atomic mass is 10.1. The van der Waals surface area contributed by atoms with Crippen LogP contribution in [0.2, 0.25) is 5.02 Å². The van der Waals surface area contributed by atoms with Crippen LogP contribution in [0.15, 0.2) is 34.8 Å². The van der Waals surface area contributed by atoms with Crippen molar-refractivity contribution in [2.24, 2.45) is 5.73 Å². The number of nitrogens with two attached hydrogens (primary N) is 1. The maximum Gasteiger partial charge on any atom is 0.129 e. The van der Waals surface area contributed by atoms with Gasteiger partial charge in [-0.1, -0.05) is 27.5 Å². The molecule has 0 bridgehead atoms. The van der Waals surface area contributed by atoms with Gasteiger partial charge in [0, 0.05) is 33.6 Å². The molecule has 0 amide bonds. The molecule has 0 aromatic heterocycles. The summed E-state index contributed by atoms with van der Waals surface area (Å²) in [4.78, 5) is 0. The minimum atomic E-state index is 0.414. The van der Waals surface area contributed by atoms with Gasteiger partial charge in [0.2, 0.25) is 0 Å². The van der Waals surface area contributed by atoms with E-state index < -0.39 is 0 Å². The molecule has 0 spiro atoms. The monoisotopic (exact) mass is 367 g/mol. The summed E-state index contributed by atoms with van der Waals surface area (Å²) < 4.78 is 12.6. The van der Waals surface area contributed by atoms with E-state index in [1.807, 2.05) is 30.3 Å². The van der Waals surface area contributed by atoms with Crippen molar-refractivity contribution in [3.8, 4) is 11.5 Å². The van der Waals surface area contributed by atoms with E-state index in [1.165, 1.54) is 0 Å². The number of hydrogen-bond donors (Lipinski definition) is 1.